The van der Waals surface area contributed by atoms with E-state index in [0.29, 0.717) is 5.56 Å². The Balaban J connectivity index is 2.56. The number of pyridine rings is 1. The van der Waals surface area contributed by atoms with Gasteiger partial charge in [0.05, 0.1) is 5.69 Å². The van der Waals surface area contributed by atoms with Crippen LogP contribution in [0.2, 0.25) is 0 Å². The van der Waals surface area contributed by atoms with E-state index >= 15 is 0 Å². The molecule has 1 aromatic carbocycles. The Hall–Kier alpha value is -1.84. The number of hydrogen-bond donors (Lipinski definition) is 0. The van der Waals surface area contributed by atoms with Crippen molar-refractivity contribution in [1.82, 2.24) is 4.98 Å². The molecule has 0 bridgehead atoms. The summed E-state index contributed by atoms with van der Waals surface area (Å²) >= 11 is 0. The van der Waals surface area contributed by atoms with Gasteiger partial charge in [-0.15, -0.1) is 0 Å². The Morgan fingerprint density at radius 3 is 2.20 bits per heavy atom. The second-order valence-electron chi connectivity index (χ2n) is 2.96. The van der Waals surface area contributed by atoms with Gasteiger partial charge in [0.1, 0.15) is 0 Å². The molecule has 0 radical (unpaired) electrons. The lowest BCUT2D eigenvalue weighted by molar-refractivity contribution is 0.428. The molecule has 4 heteroatoms. The monoisotopic (exact) mass is 209 g/mol. The number of hydrogen-bond acceptors (Lipinski definition) is 1. The number of benzene rings is 1. The summed E-state index contributed by atoms with van der Waals surface area (Å²) in [4.78, 5) is 3.32. The Kier molecular flexibility index (Phi) is 2.41. The zero-order chi connectivity index (χ0) is 10.8. The van der Waals surface area contributed by atoms with Crippen LogP contribution in [0.5, 0.6) is 0 Å². The summed E-state index contributed by atoms with van der Waals surface area (Å²) in [5, 5.41) is 0. The minimum atomic E-state index is -1.55. The topological polar surface area (TPSA) is 12.9 Å². The van der Waals surface area contributed by atoms with E-state index < -0.39 is 17.6 Å². The zero-order valence-corrected chi connectivity index (χ0v) is 7.55. The SMILES string of the molecule is Fc1cc(-c2ccccc2)nc(F)c1F. The largest absolute Gasteiger partial charge is 0.252 e. The van der Waals surface area contributed by atoms with Gasteiger partial charge in [0.15, 0.2) is 5.82 Å². The van der Waals surface area contributed by atoms with Crippen molar-refractivity contribution in [2.24, 2.45) is 0 Å². The van der Waals surface area contributed by atoms with Gasteiger partial charge in [-0.3, -0.25) is 0 Å². The average Bonchev–Trinajstić information content (AvgIpc) is 2.26. The Morgan fingerprint density at radius 2 is 1.60 bits per heavy atom. The lowest BCUT2D eigenvalue weighted by Gasteiger charge is -2.01. The number of aromatic nitrogens is 1. The third-order valence-electron chi connectivity index (χ3n) is 1.94. The highest BCUT2D eigenvalue weighted by Crippen LogP contribution is 2.19. The number of rotatable bonds is 1. The van der Waals surface area contributed by atoms with Crippen LogP contribution in [0.15, 0.2) is 36.4 Å². The van der Waals surface area contributed by atoms with E-state index in [2.05, 4.69) is 4.98 Å². The molecule has 1 aromatic heterocycles. The fraction of sp³-hybridized carbons (Fsp3) is 0. The highest BCUT2D eigenvalue weighted by atomic mass is 19.2. The smallest absolute Gasteiger partial charge is 0.217 e. The van der Waals surface area contributed by atoms with Gasteiger partial charge >= 0.3 is 0 Å². The van der Waals surface area contributed by atoms with Gasteiger partial charge in [-0.1, -0.05) is 30.3 Å². The van der Waals surface area contributed by atoms with E-state index in [-0.39, 0.29) is 5.69 Å². The minimum absolute atomic E-state index is 0.0759. The van der Waals surface area contributed by atoms with Gasteiger partial charge in [0, 0.05) is 11.6 Å². The maximum atomic E-state index is 12.9. The molecule has 0 amide bonds. The van der Waals surface area contributed by atoms with Gasteiger partial charge < -0.3 is 0 Å². The summed E-state index contributed by atoms with van der Waals surface area (Å²) in [7, 11) is 0. The molecule has 2 aromatic rings. The molecular weight excluding hydrogens is 203 g/mol. The second-order valence-corrected chi connectivity index (χ2v) is 2.96. The van der Waals surface area contributed by atoms with E-state index in [0.717, 1.165) is 6.07 Å². The first kappa shape index (κ1) is 9.71. The van der Waals surface area contributed by atoms with Crippen LogP contribution in [-0.4, -0.2) is 4.98 Å². The summed E-state index contributed by atoms with van der Waals surface area (Å²) < 4.78 is 38.3. The molecule has 15 heavy (non-hydrogen) atoms. The van der Waals surface area contributed by atoms with Crippen molar-refractivity contribution in [2.75, 3.05) is 0 Å². The van der Waals surface area contributed by atoms with Crippen LogP contribution in [0.25, 0.3) is 11.3 Å². The van der Waals surface area contributed by atoms with Gasteiger partial charge in [-0.05, 0) is 0 Å². The van der Waals surface area contributed by atoms with Crippen molar-refractivity contribution in [3.05, 3.63) is 54.0 Å². The lowest BCUT2D eigenvalue weighted by atomic mass is 10.1. The average molecular weight is 209 g/mol. The molecule has 0 unspecified atom stereocenters. The van der Waals surface area contributed by atoms with Crippen molar-refractivity contribution in [3.8, 4) is 11.3 Å². The molecule has 76 valence electrons. The minimum Gasteiger partial charge on any atom is -0.217 e. The molecule has 0 N–H and O–H groups in total. The molecule has 1 heterocycles. The van der Waals surface area contributed by atoms with Crippen LogP contribution >= 0.6 is 0 Å². The Bertz CT molecular complexity index is 459. The van der Waals surface area contributed by atoms with Crippen LogP contribution < -0.4 is 0 Å². The molecule has 2 rings (SSSR count). The van der Waals surface area contributed by atoms with Crippen LogP contribution in [0.4, 0.5) is 13.2 Å². The van der Waals surface area contributed by atoms with Crippen molar-refractivity contribution in [1.29, 1.82) is 0 Å². The molecule has 0 aliphatic heterocycles. The molecule has 0 saturated carbocycles. The van der Waals surface area contributed by atoms with E-state index in [1.54, 1.807) is 30.3 Å². The summed E-state index contributed by atoms with van der Waals surface area (Å²) in [6, 6.07) is 9.32. The predicted molar refractivity (Wildman–Crippen MR) is 49.5 cm³/mol. The second kappa shape index (κ2) is 3.73. The first-order valence-corrected chi connectivity index (χ1v) is 4.25. The zero-order valence-electron chi connectivity index (χ0n) is 7.55. The summed E-state index contributed by atoms with van der Waals surface area (Å²) in [6.07, 6.45) is 0. The van der Waals surface area contributed by atoms with Gasteiger partial charge in [0.25, 0.3) is 5.95 Å². The normalized spacial score (nSPS) is 10.3. The molecule has 0 atom stereocenters. The third kappa shape index (κ3) is 1.83. The fourth-order valence-electron chi connectivity index (χ4n) is 1.23. The lowest BCUT2D eigenvalue weighted by Crippen LogP contribution is -1.96. The third-order valence-corrected chi connectivity index (χ3v) is 1.94. The standard InChI is InChI=1S/C11H6F3N/c12-8-6-9(15-11(14)10(8)13)7-4-2-1-3-5-7/h1-6H. The van der Waals surface area contributed by atoms with Crippen LogP contribution in [0.1, 0.15) is 0 Å². The van der Waals surface area contributed by atoms with E-state index in [9.17, 15) is 13.2 Å². The van der Waals surface area contributed by atoms with Crippen molar-refractivity contribution in [2.45, 2.75) is 0 Å². The maximum absolute atomic E-state index is 12.9. The van der Waals surface area contributed by atoms with Crippen LogP contribution in [0, 0.1) is 17.6 Å². The van der Waals surface area contributed by atoms with E-state index in [1.165, 1.54) is 0 Å². The molecule has 0 spiro atoms. The summed E-state index contributed by atoms with van der Waals surface area (Å²) in [6.45, 7) is 0. The van der Waals surface area contributed by atoms with Gasteiger partial charge in [0.2, 0.25) is 5.82 Å². The molecule has 0 fully saturated rings. The maximum Gasteiger partial charge on any atom is 0.252 e. The van der Waals surface area contributed by atoms with Crippen molar-refractivity contribution >= 4 is 0 Å². The number of nitrogens with zero attached hydrogens (tertiary/aromatic N) is 1. The molecule has 0 aliphatic rings. The Labute approximate surface area is 84.2 Å². The summed E-state index contributed by atoms with van der Waals surface area (Å²) in [5.74, 6) is -4.20. The van der Waals surface area contributed by atoms with Crippen LogP contribution in [0.3, 0.4) is 0 Å². The Morgan fingerprint density at radius 1 is 0.933 bits per heavy atom. The predicted octanol–water partition coefficient (Wildman–Crippen LogP) is 3.17. The van der Waals surface area contributed by atoms with Gasteiger partial charge in [-0.25, -0.2) is 9.37 Å². The highest BCUT2D eigenvalue weighted by molar-refractivity contribution is 5.58. The van der Waals surface area contributed by atoms with Gasteiger partial charge in [-0.2, -0.15) is 8.78 Å². The molecule has 0 aliphatic carbocycles. The fourth-order valence-corrected chi connectivity index (χ4v) is 1.23. The first-order chi connectivity index (χ1) is 7.18. The number of halogens is 3. The van der Waals surface area contributed by atoms with E-state index in [4.69, 9.17) is 0 Å². The van der Waals surface area contributed by atoms with Crippen molar-refractivity contribution in [3.63, 3.8) is 0 Å². The molecule has 1 nitrogen and oxygen atoms in total. The molecule has 0 saturated heterocycles. The van der Waals surface area contributed by atoms with Crippen molar-refractivity contribution < 1.29 is 13.2 Å². The van der Waals surface area contributed by atoms with Crippen LogP contribution in [-0.2, 0) is 0 Å². The first-order valence-electron chi connectivity index (χ1n) is 4.25. The summed E-state index contributed by atoms with van der Waals surface area (Å²) in [5.41, 5.74) is 0.613. The molecular formula is C11H6F3N. The van der Waals surface area contributed by atoms with E-state index in [1.807, 2.05) is 0 Å². The highest BCUT2D eigenvalue weighted by Gasteiger charge is 2.12. The quantitative estimate of drug-likeness (QED) is 0.657.